The molecule has 0 saturated carbocycles. The van der Waals surface area contributed by atoms with E-state index in [1.165, 1.54) is 0 Å². The molecular formula is C18H28N2O. The summed E-state index contributed by atoms with van der Waals surface area (Å²) < 4.78 is 0. The molecule has 0 amide bonds. The normalized spacial score (nSPS) is 16.9. The number of hydrogen-bond donors (Lipinski definition) is 3. The molecule has 1 atom stereocenters. The molecule has 0 fully saturated rings. The van der Waals surface area contributed by atoms with Crippen molar-refractivity contribution >= 4 is 0 Å². The number of hydrogen-bond acceptors (Lipinski definition) is 3. The molecule has 0 aromatic carbocycles. The van der Waals surface area contributed by atoms with Crippen molar-refractivity contribution in [3.8, 4) is 0 Å². The van der Waals surface area contributed by atoms with Gasteiger partial charge in [-0.15, -0.1) is 0 Å². The summed E-state index contributed by atoms with van der Waals surface area (Å²) in [5, 5.41) is 13.4. The summed E-state index contributed by atoms with van der Waals surface area (Å²) in [5.74, 6) is 0. The van der Waals surface area contributed by atoms with Crippen LogP contribution in [0.25, 0.3) is 0 Å². The molecule has 4 N–H and O–H groups in total. The number of rotatable bonds is 8. The molecule has 0 saturated heterocycles. The SMILES string of the molecule is C=C/C=C\C(C)=C/C(=C)/C(N)=C/C(=C\C)C(C)(O)NCC. The maximum absolute atomic E-state index is 10.4. The Balaban J connectivity index is 5.22. The molecule has 0 bridgehead atoms. The second-order valence-corrected chi connectivity index (χ2v) is 4.95. The Kier molecular flexibility index (Phi) is 8.36. The van der Waals surface area contributed by atoms with E-state index in [4.69, 9.17) is 5.73 Å². The van der Waals surface area contributed by atoms with E-state index >= 15 is 0 Å². The summed E-state index contributed by atoms with van der Waals surface area (Å²) in [5.41, 5.74) is 7.89. The smallest absolute Gasteiger partial charge is 0.139 e. The summed E-state index contributed by atoms with van der Waals surface area (Å²) in [7, 11) is 0. The summed E-state index contributed by atoms with van der Waals surface area (Å²) in [6.45, 7) is 15.7. The first-order valence-electron chi connectivity index (χ1n) is 7.06. The van der Waals surface area contributed by atoms with Crippen molar-refractivity contribution in [3.05, 3.63) is 72.0 Å². The van der Waals surface area contributed by atoms with Crippen LogP contribution in [0.2, 0.25) is 0 Å². The molecule has 0 aromatic heterocycles. The van der Waals surface area contributed by atoms with Crippen LogP contribution in [-0.4, -0.2) is 17.4 Å². The van der Waals surface area contributed by atoms with E-state index < -0.39 is 5.72 Å². The van der Waals surface area contributed by atoms with Gasteiger partial charge in [-0.3, -0.25) is 5.32 Å². The molecule has 0 radical (unpaired) electrons. The van der Waals surface area contributed by atoms with E-state index in [2.05, 4.69) is 18.5 Å². The quantitative estimate of drug-likeness (QED) is 0.474. The molecule has 0 aromatic rings. The van der Waals surface area contributed by atoms with Gasteiger partial charge in [-0.25, -0.2) is 0 Å². The van der Waals surface area contributed by atoms with E-state index in [0.717, 1.165) is 5.57 Å². The maximum Gasteiger partial charge on any atom is 0.139 e. The van der Waals surface area contributed by atoms with Crippen molar-refractivity contribution in [1.82, 2.24) is 5.32 Å². The minimum absolute atomic E-state index is 0.521. The van der Waals surface area contributed by atoms with Gasteiger partial charge in [0.25, 0.3) is 0 Å². The third-order valence-corrected chi connectivity index (χ3v) is 2.97. The molecule has 0 aliphatic heterocycles. The second kappa shape index (κ2) is 9.16. The van der Waals surface area contributed by atoms with Crippen LogP contribution in [0, 0.1) is 0 Å². The van der Waals surface area contributed by atoms with Crippen molar-refractivity contribution in [2.75, 3.05) is 6.54 Å². The molecule has 0 aliphatic carbocycles. The fraction of sp³-hybridized carbons (Fsp3) is 0.333. The van der Waals surface area contributed by atoms with Crippen molar-refractivity contribution in [2.24, 2.45) is 5.73 Å². The second-order valence-electron chi connectivity index (χ2n) is 4.95. The molecule has 21 heavy (non-hydrogen) atoms. The molecule has 116 valence electrons. The number of allylic oxidation sites excluding steroid dienone is 6. The zero-order valence-corrected chi connectivity index (χ0v) is 13.6. The molecule has 3 nitrogen and oxygen atoms in total. The van der Waals surface area contributed by atoms with Crippen molar-refractivity contribution < 1.29 is 5.11 Å². The first-order chi connectivity index (χ1) is 9.78. The topological polar surface area (TPSA) is 58.3 Å². The van der Waals surface area contributed by atoms with Crippen molar-refractivity contribution in [3.63, 3.8) is 0 Å². The van der Waals surface area contributed by atoms with Gasteiger partial charge in [0.05, 0.1) is 0 Å². The molecular weight excluding hydrogens is 260 g/mol. The Morgan fingerprint density at radius 1 is 1.38 bits per heavy atom. The average molecular weight is 288 g/mol. The van der Waals surface area contributed by atoms with Crippen molar-refractivity contribution in [1.29, 1.82) is 0 Å². The summed E-state index contributed by atoms with van der Waals surface area (Å²) >= 11 is 0. The molecule has 0 rings (SSSR count). The Bertz CT molecular complexity index is 491. The van der Waals surface area contributed by atoms with Crippen LogP contribution in [0.15, 0.2) is 72.0 Å². The Morgan fingerprint density at radius 3 is 2.48 bits per heavy atom. The van der Waals surface area contributed by atoms with Gasteiger partial charge in [0.15, 0.2) is 0 Å². The molecule has 0 heterocycles. The van der Waals surface area contributed by atoms with Gasteiger partial charge in [0.2, 0.25) is 0 Å². The lowest BCUT2D eigenvalue weighted by atomic mass is 10.0. The average Bonchev–Trinajstić information content (AvgIpc) is 2.41. The van der Waals surface area contributed by atoms with Crippen molar-refractivity contribution in [2.45, 2.75) is 33.4 Å². The summed E-state index contributed by atoms with van der Waals surface area (Å²) in [6.07, 6.45) is 11.0. The largest absolute Gasteiger partial charge is 0.398 e. The van der Waals surface area contributed by atoms with Gasteiger partial charge in [-0.1, -0.05) is 56.0 Å². The predicted octanol–water partition coefficient (Wildman–Crippen LogP) is 3.34. The molecule has 0 aliphatic rings. The van der Waals surface area contributed by atoms with Gasteiger partial charge in [0, 0.05) is 5.70 Å². The summed E-state index contributed by atoms with van der Waals surface area (Å²) in [4.78, 5) is 0. The maximum atomic E-state index is 10.4. The first kappa shape index (κ1) is 19.2. The van der Waals surface area contributed by atoms with E-state index in [1.54, 1.807) is 19.1 Å². The monoisotopic (exact) mass is 288 g/mol. The lowest BCUT2D eigenvalue weighted by Gasteiger charge is -2.26. The first-order valence-corrected chi connectivity index (χ1v) is 7.06. The summed E-state index contributed by atoms with van der Waals surface area (Å²) in [6, 6.07) is 0. The Labute approximate surface area is 128 Å². The zero-order valence-electron chi connectivity index (χ0n) is 13.6. The van der Waals surface area contributed by atoms with Crippen LogP contribution in [0.3, 0.4) is 0 Å². The van der Waals surface area contributed by atoms with Gasteiger partial charge < -0.3 is 10.8 Å². The number of likely N-dealkylation sites (N-methyl/N-ethyl adjacent to an activating group) is 1. The number of nitrogens with two attached hydrogens (primary N) is 1. The van der Waals surface area contributed by atoms with Gasteiger partial charge >= 0.3 is 0 Å². The van der Waals surface area contributed by atoms with E-state index in [1.807, 2.05) is 45.1 Å². The highest BCUT2D eigenvalue weighted by Crippen LogP contribution is 2.18. The molecule has 1 unspecified atom stereocenters. The zero-order chi connectivity index (χ0) is 16.5. The number of nitrogens with one attached hydrogen (secondary N) is 1. The number of aliphatic hydroxyl groups is 1. The van der Waals surface area contributed by atoms with E-state index in [0.29, 0.717) is 23.4 Å². The molecule has 3 heteroatoms. The fourth-order valence-electron chi connectivity index (χ4n) is 1.84. The molecule has 0 spiro atoms. The van der Waals surface area contributed by atoms with Gasteiger partial charge in [-0.05, 0) is 44.5 Å². The van der Waals surface area contributed by atoms with Crippen LogP contribution in [0.5, 0.6) is 0 Å². The Morgan fingerprint density at radius 2 is 2.00 bits per heavy atom. The van der Waals surface area contributed by atoms with Gasteiger partial charge in [-0.2, -0.15) is 0 Å². The minimum Gasteiger partial charge on any atom is -0.398 e. The predicted molar refractivity (Wildman–Crippen MR) is 92.6 cm³/mol. The standard InChI is InChI=1S/C18H28N2O/c1-7-10-11-14(4)12-15(5)17(19)13-16(8-2)18(6,21)20-9-3/h7-8,10-13,20-21H,1,5,9,19H2,2-4,6H3/b11-10-,14-12-,16-8+,17-13-. The highest BCUT2D eigenvalue weighted by Gasteiger charge is 2.22. The van der Waals surface area contributed by atoms with E-state index in [9.17, 15) is 5.11 Å². The third-order valence-electron chi connectivity index (χ3n) is 2.97. The highest BCUT2D eigenvalue weighted by atomic mass is 16.3. The lowest BCUT2D eigenvalue weighted by Crippen LogP contribution is -2.43. The van der Waals surface area contributed by atoms with E-state index in [-0.39, 0.29) is 0 Å². The highest BCUT2D eigenvalue weighted by molar-refractivity contribution is 5.44. The van der Waals surface area contributed by atoms with Crippen LogP contribution >= 0.6 is 0 Å². The fourth-order valence-corrected chi connectivity index (χ4v) is 1.84. The third kappa shape index (κ3) is 6.93. The van der Waals surface area contributed by atoms with Crippen LogP contribution in [0.1, 0.15) is 27.7 Å². The van der Waals surface area contributed by atoms with Crippen LogP contribution in [0.4, 0.5) is 0 Å². The van der Waals surface area contributed by atoms with Crippen LogP contribution < -0.4 is 11.1 Å². The van der Waals surface area contributed by atoms with Gasteiger partial charge in [0.1, 0.15) is 5.72 Å². The minimum atomic E-state index is -1.12. The lowest BCUT2D eigenvalue weighted by molar-refractivity contribution is 0.0670. The Hall–Kier alpha value is -1.84. The van der Waals surface area contributed by atoms with Crippen LogP contribution in [-0.2, 0) is 0 Å².